The minimum absolute atomic E-state index is 0.0131. The van der Waals surface area contributed by atoms with Crippen molar-refractivity contribution in [3.63, 3.8) is 0 Å². The molecular weight excluding hydrogens is 382 g/mol. The number of hydrogen-bond donors (Lipinski definition) is 2. The molecule has 0 aliphatic heterocycles. The van der Waals surface area contributed by atoms with Gasteiger partial charge >= 0.3 is 0 Å². The summed E-state index contributed by atoms with van der Waals surface area (Å²) >= 11 is 0. The van der Waals surface area contributed by atoms with Crippen molar-refractivity contribution < 1.29 is 10.3 Å². The van der Waals surface area contributed by atoms with Crippen LogP contribution in [0, 0.1) is 0 Å². The van der Waals surface area contributed by atoms with Crippen molar-refractivity contribution in [3.8, 4) is 5.75 Å². The Hall–Kier alpha value is -1.51. The molecule has 0 amide bonds. The van der Waals surface area contributed by atoms with Crippen LogP contribution in [0.25, 0.3) is 0 Å². The Morgan fingerprint density at radius 1 is 0.742 bits per heavy atom. The van der Waals surface area contributed by atoms with Crippen molar-refractivity contribution in [2.45, 2.75) is 136 Å². The van der Waals surface area contributed by atoms with Crippen LogP contribution in [0.4, 0.5) is 0 Å². The summed E-state index contributed by atoms with van der Waals surface area (Å²) < 4.78 is 0. The Morgan fingerprint density at radius 2 is 1.19 bits per heavy atom. The fourth-order valence-corrected chi connectivity index (χ4v) is 4.14. The first kappa shape index (κ1) is 27.5. The Bertz CT molecular complexity index is 616. The fraction of sp³-hybridized carbons (Fsp3) is 0.750. The van der Waals surface area contributed by atoms with Gasteiger partial charge in [-0.3, -0.25) is 0 Å². The van der Waals surface area contributed by atoms with E-state index in [-0.39, 0.29) is 11.2 Å². The molecule has 0 unspecified atom stereocenters. The van der Waals surface area contributed by atoms with Crippen LogP contribution in [0.5, 0.6) is 5.75 Å². The number of benzene rings is 1. The molecule has 0 atom stereocenters. The molecule has 1 rings (SSSR count). The standard InChI is InChI=1S/C28H49NO2/c1-5-6-7-8-9-10-11-12-13-14-15-16-17-18-19-20-26(29-31)25-22-21-24(23-27(25)30)28(2,3)4/h21-23,30-31H,5-20H2,1-4H3. The van der Waals surface area contributed by atoms with E-state index in [1.54, 1.807) is 6.07 Å². The Labute approximate surface area is 192 Å². The van der Waals surface area contributed by atoms with Gasteiger partial charge in [0.1, 0.15) is 5.75 Å². The summed E-state index contributed by atoms with van der Waals surface area (Å²) in [5, 5.41) is 23.3. The third-order valence-corrected chi connectivity index (χ3v) is 6.31. The molecule has 0 aliphatic carbocycles. The Balaban J connectivity index is 2.09. The highest BCUT2D eigenvalue weighted by atomic mass is 16.4. The van der Waals surface area contributed by atoms with E-state index in [4.69, 9.17) is 0 Å². The van der Waals surface area contributed by atoms with Gasteiger partial charge < -0.3 is 10.3 Å². The average molecular weight is 432 g/mol. The van der Waals surface area contributed by atoms with Crippen molar-refractivity contribution in [2.75, 3.05) is 0 Å². The largest absolute Gasteiger partial charge is 0.507 e. The first-order valence-electron chi connectivity index (χ1n) is 12.9. The number of phenols is 1. The molecule has 0 aliphatic rings. The smallest absolute Gasteiger partial charge is 0.125 e. The van der Waals surface area contributed by atoms with Crippen molar-refractivity contribution in [1.29, 1.82) is 0 Å². The van der Waals surface area contributed by atoms with Crippen LogP contribution in [0.1, 0.15) is 142 Å². The minimum atomic E-state index is -0.0131. The van der Waals surface area contributed by atoms with Gasteiger partial charge in [0.2, 0.25) is 0 Å². The van der Waals surface area contributed by atoms with E-state index in [0.29, 0.717) is 17.7 Å². The monoisotopic (exact) mass is 431 g/mol. The first-order chi connectivity index (χ1) is 14.9. The molecule has 3 nitrogen and oxygen atoms in total. The third kappa shape index (κ3) is 12.2. The molecule has 0 bridgehead atoms. The molecule has 0 spiro atoms. The van der Waals surface area contributed by atoms with Gasteiger partial charge in [-0.25, -0.2) is 0 Å². The lowest BCUT2D eigenvalue weighted by Gasteiger charge is -2.20. The number of aromatic hydroxyl groups is 1. The summed E-state index contributed by atoms with van der Waals surface area (Å²) in [5.41, 5.74) is 2.31. The van der Waals surface area contributed by atoms with Gasteiger partial charge in [0.15, 0.2) is 0 Å². The van der Waals surface area contributed by atoms with Crippen LogP contribution in [0.15, 0.2) is 23.4 Å². The number of rotatable bonds is 17. The van der Waals surface area contributed by atoms with Gasteiger partial charge in [-0.1, -0.05) is 129 Å². The lowest BCUT2D eigenvalue weighted by molar-refractivity contribution is 0.317. The highest BCUT2D eigenvalue weighted by molar-refractivity contribution is 6.02. The number of unbranched alkanes of at least 4 members (excludes halogenated alkanes) is 14. The van der Waals surface area contributed by atoms with Crippen LogP contribution >= 0.6 is 0 Å². The van der Waals surface area contributed by atoms with Gasteiger partial charge in [0.05, 0.1) is 5.71 Å². The number of hydrogen-bond acceptors (Lipinski definition) is 3. The fourth-order valence-electron chi connectivity index (χ4n) is 4.14. The second kappa shape index (κ2) is 16.2. The predicted molar refractivity (Wildman–Crippen MR) is 135 cm³/mol. The molecule has 0 saturated carbocycles. The van der Waals surface area contributed by atoms with Crippen LogP contribution < -0.4 is 0 Å². The van der Waals surface area contributed by atoms with E-state index < -0.39 is 0 Å². The van der Waals surface area contributed by atoms with Crippen molar-refractivity contribution in [1.82, 2.24) is 0 Å². The van der Waals surface area contributed by atoms with E-state index in [2.05, 4.69) is 32.9 Å². The summed E-state index contributed by atoms with van der Waals surface area (Å²) in [6.07, 6.45) is 20.8. The summed E-state index contributed by atoms with van der Waals surface area (Å²) in [7, 11) is 0. The van der Waals surface area contributed by atoms with E-state index in [0.717, 1.165) is 18.4 Å². The minimum Gasteiger partial charge on any atom is -0.507 e. The maximum absolute atomic E-state index is 10.4. The molecule has 0 heterocycles. The van der Waals surface area contributed by atoms with E-state index in [9.17, 15) is 10.3 Å². The van der Waals surface area contributed by atoms with Gasteiger partial charge in [-0.15, -0.1) is 0 Å². The van der Waals surface area contributed by atoms with E-state index in [1.807, 2.05) is 12.1 Å². The second-order valence-corrected chi connectivity index (χ2v) is 10.2. The summed E-state index contributed by atoms with van der Waals surface area (Å²) in [5.74, 6) is 0.209. The molecule has 1 aromatic rings. The maximum atomic E-state index is 10.4. The molecular formula is C28H49NO2. The molecule has 31 heavy (non-hydrogen) atoms. The van der Waals surface area contributed by atoms with Crippen molar-refractivity contribution in [2.24, 2.45) is 5.16 Å². The van der Waals surface area contributed by atoms with Crippen LogP contribution in [-0.4, -0.2) is 16.0 Å². The molecule has 0 fully saturated rings. The van der Waals surface area contributed by atoms with Gasteiger partial charge in [-0.2, -0.15) is 0 Å². The lowest BCUT2D eigenvalue weighted by Crippen LogP contribution is -2.11. The van der Waals surface area contributed by atoms with Gasteiger partial charge in [0, 0.05) is 5.56 Å². The van der Waals surface area contributed by atoms with E-state index >= 15 is 0 Å². The normalized spacial score (nSPS) is 12.5. The lowest BCUT2D eigenvalue weighted by atomic mass is 9.86. The topological polar surface area (TPSA) is 52.8 Å². The zero-order chi connectivity index (χ0) is 23.0. The van der Waals surface area contributed by atoms with Crippen LogP contribution in [0.3, 0.4) is 0 Å². The third-order valence-electron chi connectivity index (χ3n) is 6.31. The number of oxime groups is 1. The quantitative estimate of drug-likeness (QED) is 0.112. The zero-order valence-corrected chi connectivity index (χ0v) is 20.9. The molecule has 178 valence electrons. The SMILES string of the molecule is CCCCCCCCCCCCCCCCCC(=NO)c1ccc(C(C)(C)C)cc1O. The molecule has 1 aromatic carbocycles. The van der Waals surface area contributed by atoms with Crippen LogP contribution in [0.2, 0.25) is 0 Å². The Kier molecular flexibility index (Phi) is 14.4. The first-order valence-corrected chi connectivity index (χ1v) is 12.9. The maximum Gasteiger partial charge on any atom is 0.125 e. The van der Waals surface area contributed by atoms with Gasteiger partial charge in [0.25, 0.3) is 0 Å². The highest BCUT2D eigenvalue weighted by Gasteiger charge is 2.17. The zero-order valence-electron chi connectivity index (χ0n) is 20.9. The van der Waals surface area contributed by atoms with Crippen molar-refractivity contribution >= 4 is 5.71 Å². The Morgan fingerprint density at radius 3 is 1.58 bits per heavy atom. The van der Waals surface area contributed by atoms with Gasteiger partial charge in [-0.05, 0) is 36.0 Å². The highest BCUT2D eigenvalue weighted by Crippen LogP contribution is 2.29. The summed E-state index contributed by atoms with van der Waals surface area (Å²) in [6.45, 7) is 8.65. The summed E-state index contributed by atoms with van der Waals surface area (Å²) in [4.78, 5) is 0. The number of phenolic OH excluding ortho intramolecular Hbond substituents is 1. The second-order valence-electron chi connectivity index (χ2n) is 10.2. The molecule has 0 saturated heterocycles. The van der Waals surface area contributed by atoms with Crippen LogP contribution in [-0.2, 0) is 5.41 Å². The predicted octanol–water partition coefficient (Wildman–Crippen LogP) is 9.13. The molecule has 2 N–H and O–H groups in total. The molecule has 0 radical (unpaired) electrons. The summed E-state index contributed by atoms with van der Waals surface area (Å²) in [6, 6.07) is 5.70. The molecule has 0 aromatic heterocycles. The average Bonchev–Trinajstić information content (AvgIpc) is 2.73. The number of nitrogens with zero attached hydrogens (tertiary/aromatic N) is 1. The molecule has 3 heteroatoms. The van der Waals surface area contributed by atoms with Crippen molar-refractivity contribution in [3.05, 3.63) is 29.3 Å². The van der Waals surface area contributed by atoms with E-state index in [1.165, 1.54) is 83.5 Å².